The molecule has 2 atom stereocenters. The van der Waals surface area contributed by atoms with Gasteiger partial charge in [-0.25, -0.2) is 0 Å². The van der Waals surface area contributed by atoms with Crippen molar-refractivity contribution in [3.8, 4) is 0 Å². The van der Waals surface area contributed by atoms with Crippen LogP contribution in [0.5, 0.6) is 0 Å². The third kappa shape index (κ3) is 2.16. The van der Waals surface area contributed by atoms with E-state index in [-0.39, 0.29) is 12.8 Å². The second-order valence-corrected chi connectivity index (χ2v) is 3.89. The van der Waals surface area contributed by atoms with Gasteiger partial charge in [-0.05, 0) is 6.42 Å². The van der Waals surface area contributed by atoms with Crippen molar-refractivity contribution in [2.75, 3.05) is 0 Å². The van der Waals surface area contributed by atoms with Gasteiger partial charge in [0.25, 0.3) is 5.60 Å². The lowest BCUT2D eigenvalue weighted by Gasteiger charge is -2.20. The zero-order valence-electron chi connectivity index (χ0n) is 8.32. The van der Waals surface area contributed by atoms with Gasteiger partial charge in [0.1, 0.15) is 6.10 Å². The van der Waals surface area contributed by atoms with Crippen molar-refractivity contribution in [3.05, 3.63) is 0 Å². The summed E-state index contributed by atoms with van der Waals surface area (Å²) in [4.78, 5) is 0. The molecule has 1 saturated heterocycles. The predicted molar refractivity (Wildman–Crippen MR) is 44.1 cm³/mol. The molecule has 0 amide bonds. The van der Waals surface area contributed by atoms with E-state index in [1.807, 2.05) is 0 Å². The van der Waals surface area contributed by atoms with Crippen LogP contribution in [-0.4, -0.2) is 31.9 Å². The minimum absolute atomic E-state index is 0.0541. The molecule has 0 bridgehead atoms. The van der Waals surface area contributed by atoms with Gasteiger partial charge in [-0.1, -0.05) is 19.2 Å². The Bertz CT molecular complexity index is 244. The molecule has 0 aromatic rings. The molecule has 1 aliphatic rings. The Morgan fingerprint density at radius 3 is 1.88 bits per heavy atom. The molecule has 0 aromatic heterocycles. The minimum atomic E-state index is -5.44. The first kappa shape index (κ1) is 13.7. The van der Waals surface area contributed by atoms with E-state index in [1.54, 1.807) is 0 Å². The lowest BCUT2D eigenvalue weighted by atomic mass is 9.84. The van der Waals surface area contributed by atoms with Crippen molar-refractivity contribution < 1.29 is 31.1 Å². The minimum Gasteiger partial charge on any atom is -0.349 e. The molecule has 2 radical (unpaired) electrons. The Morgan fingerprint density at radius 1 is 1.19 bits per heavy atom. The third-order valence-corrected chi connectivity index (χ3v) is 2.45. The maximum absolute atomic E-state index is 12.3. The van der Waals surface area contributed by atoms with Crippen LogP contribution in [-0.2, 0) is 4.74 Å². The molecule has 1 fully saturated rings. The van der Waals surface area contributed by atoms with E-state index < -0.39 is 29.9 Å². The summed E-state index contributed by atoms with van der Waals surface area (Å²) in [5, 5.41) is 0. The van der Waals surface area contributed by atoms with Gasteiger partial charge < -0.3 is 4.74 Å². The highest BCUT2D eigenvalue weighted by Gasteiger charge is 2.86. The summed E-state index contributed by atoms with van der Waals surface area (Å²) in [6.45, 7) is 1.51. The van der Waals surface area contributed by atoms with E-state index >= 15 is 0 Å². The molecule has 8 heteroatoms. The number of rotatable bonds is 3. The zero-order valence-corrected chi connectivity index (χ0v) is 8.32. The highest BCUT2D eigenvalue weighted by molar-refractivity contribution is 6.11. The first-order chi connectivity index (χ1) is 7.02. The molecule has 0 aromatic carbocycles. The monoisotopic (exact) mass is 246 g/mol. The number of hydrogen-bond donors (Lipinski definition) is 0. The van der Waals surface area contributed by atoms with Crippen LogP contribution >= 0.6 is 0 Å². The van der Waals surface area contributed by atoms with Crippen molar-refractivity contribution in [3.63, 3.8) is 0 Å². The molecule has 1 unspecified atom stereocenters. The van der Waals surface area contributed by atoms with E-state index in [2.05, 4.69) is 4.74 Å². The Labute approximate surface area is 89.5 Å². The Hall–Kier alpha value is -0.395. The summed E-state index contributed by atoms with van der Waals surface area (Å²) in [7, 11) is 5.26. The van der Waals surface area contributed by atoms with Gasteiger partial charge in [-0.15, -0.1) is 0 Å². The number of hydrogen-bond acceptors (Lipinski definition) is 1. The number of epoxide rings is 1. The Morgan fingerprint density at radius 2 is 1.62 bits per heavy atom. The van der Waals surface area contributed by atoms with E-state index in [4.69, 9.17) is 7.85 Å². The number of ether oxygens (including phenoxy) is 1. The zero-order chi connectivity index (χ0) is 12.8. The van der Waals surface area contributed by atoms with E-state index in [9.17, 15) is 26.3 Å². The van der Waals surface area contributed by atoms with Gasteiger partial charge in [0.2, 0.25) is 0 Å². The first-order valence-electron chi connectivity index (χ1n) is 4.59. The normalized spacial score (nSPS) is 26.6. The molecule has 0 N–H and O–H groups in total. The topological polar surface area (TPSA) is 12.5 Å². The Balaban J connectivity index is 2.74. The maximum Gasteiger partial charge on any atom is 0.429 e. The number of halogens is 6. The van der Waals surface area contributed by atoms with E-state index in [0.29, 0.717) is 0 Å². The third-order valence-electron chi connectivity index (χ3n) is 2.45. The van der Waals surface area contributed by atoms with Gasteiger partial charge in [-0.3, -0.25) is 0 Å². The average Bonchev–Trinajstić information content (AvgIpc) is 2.72. The second kappa shape index (κ2) is 3.82. The van der Waals surface area contributed by atoms with Crippen LogP contribution in [0.1, 0.15) is 19.8 Å². The molecule has 1 nitrogen and oxygen atoms in total. The Kier molecular flexibility index (Phi) is 3.26. The maximum atomic E-state index is 12.3. The van der Waals surface area contributed by atoms with E-state index in [0.717, 1.165) is 0 Å². The summed E-state index contributed by atoms with van der Waals surface area (Å²) in [5.74, 6) is -0.455. The lowest BCUT2D eigenvalue weighted by molar-refractivity contribution is -0.292. The molecule has 1 aliphatic heterocycles. The van der Waals surface area contributed by atoms with Crippen molar-refractivity contribution in [2.45, 2.75) is 49.6 Å². The summed E-state index contributed by atoms with van der Waals surface area (Å²) < 4.78 is 77.6. The molecular weight excluding hydrogens is 237 g/mol. The van der Waals surface area contributed by atoms with Gasteiger partial charge in [0, 0.05) is 0 Å². The number of alkyl halides is 6. The molecule has 0 aliphatic carbocycles. The highest BCUT2D eigenvalue weighted by Crippen LogP contribution is 2.60. The largest absolute Gasteiger partial charge is 0.429 e. The highest BCUT2D eigenvalue weighted by atomic mass is 19.4. The van der Waals surface area contributed by atoms with Gasteiger partial charge >= 0.3 is 12.4 Å². The van der Waals surface area contributed by atoms with Crippen LogP contribution in [0, 0.1) is 0 Å². The van der Waals surface area contributed by atoms with Crippen LogP contribution in [0.15, 0.2) is 0 Å². The van der Waals surface area contributed by atoms with Crippen molar-refractivity contribution in [1.82, 2.24) is 0 Å². The molecule has 92 valence electrons. The molecule has 1 heterocycles. The van der Waals surface area contributed by atoms with Crippen molar-refractivity contribution in [2.24, 2.45) is 0 Å². The molecular formula is C8H9BF6O. The summed E-state index contributed by atoms with van der Waals surface area (Å²) in [6, 6.07) is 0. The SMILES string of the molecule is [B]C(C)CC[C@H]1OC1(C(F)(F)F)C(F)(F)F. The van der Waals surface area contributed by atoms with Crippen LogP contribution in [0.3, 0.4) is 0 Å². The molecule has 0 spiro atoms. The van der Waals surface area contributed by atoms with Gasteiger partial charge in [0.05, 0.1) is 7.85 Å². The summed E-state index contributed by atoms with van der Waals surface area (Å²) in [5.41, 5.74) is -3.98. The molecule has 0 saturated carbocycles. The van der Waals surface area contributed by atoms with Crippen molar-refractivity contribution >= 4 is 7.85 Å². The van der Waals surface area contributed by atoms with Crippen molar-refractivity contribution in [1.29, 1.82) is 0 Å². The average molecular weight is 246 g/mol. The predicted octanol–water partition coefficient (Wildman–Crippen LogP) is 3.01. The fraction of sp³-hybridized carbons (Fsp3) is 1.00. The van der Waals surface area contributed by atoms with Gasteiger partial charge in [-0.2, -0.15) is 26.3 Å². The lowest BCUT2D eigenvalue weighted by Crippen LogP contribution is -2.48. The molecule has 16 heavy (non-hydrogen) atoms. The first-order valence-corrected chi connectivity index (χ1v) is 4.59. The summed E-state index contributed by atoms with van der Waals surface area (Å²) in [6.07, 6.45) is -13.0. The quantitative estimate of drug-likeness (QED) is 0.423. The standard InChI is InChI=1S/C8H9BF6O/c1-4(9)2-3-5-6(16-5,7(10,11)12)8(13,14)15/h4-5H,2-3H2,1H3/t4?,5-/m1/s1. The van der Waals surface area contributed by atoms with Crippen LogP contribution in [0.4, 0.5) is 26.3 Å². The van der Waals surface area contributed by atoms with Crippen LogP contribution in [0.2, 0.25) is 5.82 Å². The van der Waals surface area contributed by atoms with Crippen LogP contribution in [0.25, 0.3) is 0 Å². The smallest absolute Gasteiger partial charge is 0.349 e. The van der Waals surface area contributed by atoms with E-state index in [1.165, 1.54) is 6.92 Å². The second-order valence-electron chi connectivity index (χ2n) is 3.89. The van der Waals surface area contributed by atoms with Gasteiger partial charge in [0.15, 0.2) is 0 Å². The summed E-state index contributed by atoms with van der Waals surface area (Å²) >= 11 is 0. The fourth-order valence-corrected chi connectivity index (χ4v) is 1.53. The fourth-order valence-electron chi connectivity index (χ4n) is 1.53. The molecule has 1 rings (SSSR count). The van der Waals surface area contributed by atoms with Crippen LogP contribution < -0.4 is 0 Å².